The van der Waals surface area contributed by atoms with Gasteiger partial charge in [0, 0.05) is 0 Å². The fraction of sp³-hybridized carbons (Fsp3) is 0.429. The molecule has 0 spiro atoms. The summed E-state index contributed by atoms with van der Waals surface area (Å²) in [5.41, 5.74) is 8.57. The van der Waals surface area contributed by atoms with Crippen molar-refractivity contribution in [2.75, 3.05) is 0 Å². The highest BCUT2D eigenvalue weighted by Crippen LogP contribution is 2.20. The molecule has 0 saturated carbocycles. The Morgan fingerprint density at radius 2 is 0.933 bits per heavy atom. The van der Waals surface area contributed by atoms with Gasteiger partial charge >= 0.3 is 0 Å². The maximum Gasteiger partial charge on any atom is -0.0392 e. The lowest BCUT2D eigenvalue weighted by Gasteiger charge is -2.05. The lowest BCUT2D eigenvalue weighted by Crippen LogP contribution is -1.89. The van der Waals surface area contributed by atoms with Crippen molar-refractivity contribution in [3.63, 3.8) is 0 Å². The summed E-state index contributed by atoms with van der Waals surface area (Å²) in [6.45, 7) is 13.3. The van der Waals surface area contributed by atoms with E-state index in [4.69, 9.17) is 0 Å². The Hall–Kier alpha value is -0.740. The molecule has 1 rings (SSSR count). The summed E-state index contributed by atoms with van der Waals surface area (Å²) >= 11 is 0. The molecule has 0 nitrogen and oxygen atoms in total. The molecule has 1 aromatic heterocycles. The molecule has 0 N–H and O–H groups in total. The molecule has 0 aliphatic heterocycles. The lowest BCUT2D eigenvalue weighted by atomic mass is 10.00. The molecule has 0 aliphatic carbocycles. The van der Waals surface area contributed by atoms with Gasteiger partial charge in [-0.25, -0.2) is 0 Å². The fourth-order valence-electron chi connectivity index (χ4n) is 1.66. The topological polar surface area (TPSA) is 0 Å². The van der Waals surface area contributed by atoms with Crippen LogP contribution in [0.25, 0.3) is 0 Å². The van der Waals surface area contributed by atoms with Crippen molar-refractivity contribution in [2.24, 2.45) is 0 Å². The van der Waals surface area contributed by atoms with E-state index in [0.29, 0.717) is 0 Å². The molecule has 0 saturated heterocycles. The summed E-state index contributed by atoms with van der Waals surface area (Å²) in [7, 11) is 0.805. The Labute approximate surface area is 95.2 Å². The number of hydrogen-bond acceptors (Lipinski definition) is 0. The second-order valence-electron chi connectivity index (χ2n) is 4.32. The van der Waals surface area contributed by atoms with Crippen molar-refractivity contribution in [3.05, 3.63) is 45.0 Å². The quantitative estimate of drug-likeness (QED) is 0.595. The second-order valence-corrected chi connectivity index (χ2v) is 5.23. The minimum Gasteiger partial charge on any atom is -0.139 e. The van der Waals surface area contributed by atoms with Crippen molar-refractivity contribution in [2.45, 2.75) is 41.5 Å². The van der Waals surface area contributed by atoms with Crippen LogP contribution in [0, 0.1) is 41.5 Å². The van der Waals surface area contributed by atoms with Crippen LogP contribution in [0.2, 0.25) is 0 Å². The van der Waals surface area contributed by atoms with E-state index in [1.807, 2.05) is 0 Å². The summed E-state index contributed by atoms with van der Waals surface area (Å²) < 4.78 is 0. The molecule has 0 aliphatic rings. The Balaban J connectivity index is 3.78. The monoisotopic (exact) mass is 220 g/mol. The highest BCUT2D eigenvalue weighted by atomic mass is 31.0. The summed E-state index contributed by atoms with van der Waals surface area (Å²) in [6.07, 6.45) is 0. The van der Waals surface area contributed by atoms with Gasteiger partial charge in [0.25, 0.3) is 0 Å². The van der Waals surface area contributed by atoms with Gasteiger partial charge in [0.1, 0.15) is 0 Å². The zero-order chi connectivity index (χ0) is 11.6. The molecule has 0 fully saturated rings. The first-order valence-electron chi connectivity index (χ1n) is 5.40. The van der Waals surface area contributed by atoms with Crippen LogP contribution in [-0.2, 0) is 0 Å². The summed E-state index contributed by atoms with van der Waals surface area (Å²) in [6, 6.07) is 0. The first kappa shape index (κ1) is 12.3. The summed E-state index contributed by atoms with van der Waals surface area (Å²) in [4.78, 5) is 0. The third-order valence-electron chi connectivity index (χ3n) is 3.47. The van der Waals surface area contributed by atoms with Gasteiger partial charge in [-0.15, -0.1) is 8.19 Å². The van der Waals surface area contributed by atoms with Crippen LogP contribution in [0.4, 0.5) is 0 Å². The van der Waals surface area contributed by atoms with Crippen LogP contribution in [-0.4, -0.2) is 0 Å². The zero-order valence-electron chi connectivity index (χ0n) is 10.7. The van der Waals surface area contributed by atoms with Crippen LogP contribution in [0.15, 0.2) is 11.6 Å². The molecular weight excluding hydrogens is 199 g/mol. The molecule has 0 bridgehead atoms. The Morgan fingerprint density at radius 3 is 1.27 bits per heavy atom. The van der Waals surface area contributed by atoms with Crippen LogP contribution in [0.1, 0.15) is 33.4 Å². The van der Waals surface area contributed by atoms with E-state index in [1.165, 1.54) is 33.4 Å². The number of aryl methyl sites for hydroxylation is 2. The van der Waals surface area contributed by atoms with Crippen molar-refractivity contribution in [1.82, 2.24) is 0 Å². The van der Waals surface area contributed by atoms with Crippen LogP contribution in [0.5, 0.6) is 0 Å². The standard InChI is InChI=1S/C14H21P/c1-9-7-15-8-10(2)12(4)14(6)13(5)11(9)3/h7-8,15H,1-6H3. The van der Waals surface area contributed by atoms with E-state index < -0.39 is 0 Å². The largest absolute Gasteiger partial charge is 0.139 e. The third-order valence-corrected chi connectivity index (χ3v) is 4.67. The number of hydrogen-bond donors (Lipinski definition) is 0. The van der Waals surface area contributed by atoms with Crippen LogP contribution in [0.3, 0.4) is 0 Å². The average molecular weight is 220 g/mol. The average Bonchev–Trinajstić information content (AvgIpc) is 2.25. The van der Waals surface area contributed by atoms with Crippen molar-refractivity contribution >= 4 is 8.19 Å². The molecule has 0 unspecified atom stereocenters. The van der Waals surface area contributed by atoms with Gasteiger partial charge in [-0.2, -0.15) is 0 Å². The highest BCUT2D eigenvalue weighted by Gasteiger charge is 2.00. The van der Waals surface area contributed by atoms with Gasteiger partial charge in [-0.3, -0.25) is 0 Å². The summed E-state index contributed by atoms with van der Waals surface area (Å²) in [5, 5.41) is 0. The van der Waals surface area contributed by atoms with Crippen molar-refractivity contribution in [1.29, 1.82) is 0 Å². The fourth-order valence-corrected chi connectivity index (χ4v) is 2.68. The maximum absolute atomic E-state index is 2.34. The van der Waals surface area contributed by atoms with E-state index in [9.17, 15) is 0 Å². The molecule has 1 heteroatoms. The maximum atomic E-state index is 2.34. The Morgan fingerprint density at radius 1 is 0.600 bits per heavy atom. The summed E-state index contributed by atoms with van der Waals surface area (Å²) in [5.74, 6) is 4.68. The third kappa shape index (κ3) is 2.63. The van der Waals surface area contributed by atoms with Gasteiger partial charge in [0.2, 0.25) is 0 Å². The van der Waals surface area contributed by atoms with Crippen molar-refractivity contribution < 1.29 is 0 Å². The van der Waals surface area contributed by atoms with Gasteiger partial charge < -0.3 is 0 Å². The molecular formula is C14H21P. The smallest absolute Gasteiger partial charge is 0.0392 e. The molecule has 0 atom stereocenters. The van der Waals surface area contributed by atoms with E-state index in [-0.39, 0.29) is 0 Å². The SMILES string of the molecule is Cc1c[pH]cc(C)c(C)c(C)c(C)c1C. The molecule has 15 heavy (non-hydrogen) atoms. The van der Waals surface area contributed by atoms with Gasteiger partial charge in [0.15, 0.2) is 0 Å². The second kappa shape index (κ2) is 4.86. The Bertz CT molecular complexity index is 385. The van der Waals surface area contributed by atoms with Gasteiger partial charge in [0.05, 0.1) is 0 Å². The molecule has 0 amide bonds. The van der Waals surface area contributed by atoms with Crippen LogP contribution < -0.4 is 0 Å². The first-order valence-corrected chi connectivity index (χ1v) is 6.56. The molecule has 0 radical (unpaired) electrons. The highest BCUT2D eigenvalue weighted by molar-refractivity contribution is 7.28. The minimum absolute atomic E-state index is 0.805. The first-order chi connectivity index (χ1) is 6.95. The van der Waals surface area contributed by atoms with E-state index in [2.05, 4.69) is 53.1 Å². The normalized spacial score (nSPS) is 10.0. The molecule has 0 aromatic carbocycles. The van der Waals surface area contributed by atoms with Crippen molar-refractivity contribution in [3.8, 4) is 0 Å². The Kier molecular flexibility index (Phi) is 3.99. The van der Waals surface area contributed by atoms with Gasteiger partial charge in [-0.05, 0) is 86.5 Å². The zero-order valence-corrected chi connectivity index (χ0v) is 11.7. The van der Waals surface area contributed by atoms with E-state index >= 15 is 0 Å². The van der Waals surface area contributed by atoms with Crippen LogP contribution >= 0.6 is 8.19 Å². The molecule has 82 valence electrons. The lowest BCUT2D eigenvalue weighted by molar-refractivity contribution is 1.20. The number of rotatable bonds is 0. The molecule has 1 aromatic rings. The predicted octanol–water partition coefficient (Wildman–Crippen LogP) is 4.69. The van der Waals surface area contributed by atoms with E-state index in [1.54, 1.807) is 0 Å². The molecule has 1 heterocycles. The van der Waals surface area contributed by atoms with Gasteiger partial charge in [-0.1, -0.05) is 0 Å². The van der Waals surface area contributed by atoms with E-state index in [0.717, 1.165) is 8.19 Å². The minimum atomic E-state index is 0.805. The predicted molar refractivity (Wildman–Crippen MR) is 72.0 cm³/mol.